The third kappa shape index (κ3) is 3.63. The van der Waals surface area contributed by atoms with Crippen molar-refractivity contribution in [1.29, 1.82) is 0 Å². The van der Waals surface area contributed by atoms with Gasteiger partial charge >= 0.3 is 0 Å². The Balaban J connectivity index is 1.62. The van der Waals surface area contributed by atoms with Crippen molar-refractivity contribution in [2.24, 2.45) is 0 Å². The van der Waals surface area contributed by atoms with Gasteiger partial charge < -0.3 is 15.4 Å². The largest absolute Gasteiger partial charge is 0.383 e. The summed E-state index contributed by atoms with van der Waals surface area (Å²) in [7, 11) is 1.73. The van der Waals surface area contributed by atoms with Gasteiger partial charge in [-0.1, -0.05) is 0 Å². The van der Waals surface area contributed by atoms with Crippen LogP contribution in [0, 0.1) is 0 Å². The molecular formula is C17H29N5O2. The minimum atomic E-state index is -0.551. The smallest absolute Gasteiger partial charge is 0.248 e. The molecule has 2 aliphatic rings. The molecule has 1 unspecified atom stereocenters. The van der Waals surface area contributed by atoms with Gasteiger partial charge in [0.1, 0.15) is 5.54 Å². The summed E-state index contributed by atoms with van der Waals surface area (Å²) in [6, 6.07) is 2.31. The van der Waals surface area contributed by atoms with Crippen molar-refractivity contribution in [1.82, 2.24) is 25.3 Å². The number of carbonyl (C=O) groups is 1. The Bertz CT molecular complexity index is 513. The number of ether oxygens (including phenoxy) is 1. The molecule has 1 aromatic rings. The average molecular weight is 335 g/mol. The lowest BCUT2D eigenvalue weighted by atomic mass is 9.87. The van der Waals surface area contributed by atoms with Crippen LogP contribution in [-0.2, 0) is 15.1 Å². The molecule has 1 aromatic heterocycles. The highest BCUT2D eigenvalue weighted by Crippen LogP contribution is 2.27. The van der Waals surface area contributed by atoms with Crippen molar-refractivity contribution in [2.45, 2.75) is 37.3 Å². The molecule has 0 radical (unpaired) electrons. The van der Waals surface area contributed by atoms with Gasteiger partial charge in [0, 0.05) is 38.6 Å². The van der Waals surface area contributed by atoms with Gasteiger partial charge in [0.25, 0.3) is 0 Å². The van der Waals surface area contributed by atoms with Crippen molar-refractivity contribution >= 4 is 5.91 Å². The number of piperidine rings is 1. The molecule has 3 rings (SSSR count). The second kappa shape index (κ2) is 8.09. The molecule has 2 fully saturated rings. The first-order valence-corrected chi connectivity index (χ1v) is 8.98. The molecule has 1 amide bonds. The summed E-state index contributed by atoms with van der Waals surface area (Å²) in [5.74, 6) is 0.103. The zero-order valence-corrected chi connectivity index (χ0v) is 14.5. The van der Waals surface area contributed by atoms with Gasteiger partial charge in [0.2, 0.25) is 5.91 Å². The third-order valence-corrected chi connectivity index (χ3v) is 5.38. The predicted molar refractivity (Wildman–Crippen MR) is 91.8 cm³/mol. The number of rotatable bonds is 7. The number of aromatic nitrogens is 2. The summed E-state index contributed by atoms with van der Waals surface area (Å²) in [4.78, 5) is 15.5. The van der Waals surface area contributed by atoms with E-state index in [1.54, 1.807) is 13.3 Å². The van der Waals surface area contributed by atoms with Gasteiger partial charge in [-0.25, -0.2) is 0 Å². The second-order valence-corrected chi connectivity index (χ2v) is 6.77. The van der Waals surface area contributed by atoms with Crippen molar-refractivity contribution in [3.05, 3.63) is 18.5 Å². The van der Waals surface area contributed by atoms with Crippen LogP contribution in [0.5, 0.6) is 0 Å². The maximum absolute atomic E-state index is 13.1. The number of amides is 1. The summed E-state index contributed by atoms with van der Waals surface area (Å²) in [6.45, 7) is 5.17. The number of methoxy groups -OCH3 is 1. The molecule has 134 valence electrons. The van der Waals surface area contributed by atoms with Crippen molar-refractivity contribution < 1.29 is 9.53 Å². The fraction of sp³-hybridized carbons (Fsp3) is 0.765. The van der Waals surface area contributed by atoms with Crippen LogP contribution in [0.25, 0.3) is 0 Å². The lowest BCUT2D eigenvalue weighted by Gasteiger charge is -2.37. The third-order valence-electron chi connectivity index (χ3n) is 5.38. The summed E-state index contributed by atoms with van der Waals surface area (Å²) in [5.41, 5.74) is -0.551. The molecule has 2 aliphatic heterocycles. The Morgan fingerprint density at radius 2 is 2.29 bits per heavy atom. The lowest BCUT2D eigenvalue weighted by molar-refractivity contribution is -0.132. The van der Waals surface area contributed by atoms with Gasteiger partial charge in [0.15, 0.2) is 0 Å². The number of hydrogen-bond donors (Lipinski definition) is 2. The van der Waals surface area contributed by atoms with E-state index in [1.165, 1.54) is 6.42 Å². The van der Waals surface area contributed by atoms with Crippen LogP contribution in [0.3, 0.4) is 0 Å². The Labute approximate surface area is 143 Å². The molecule has 0 aromatic carbocycles. The van der Waals surface area contributed by atoms with Crippen molar-refractivity contribution in [3.63, 3.8) is 0 Å². The lowest BCUT2D eigenvalue weighted by Crippen LogP contribution is -2.56. The molecule has 2 N–H and O–H groups in total. The van der Waals surface area contributed by atoms with E-state index in [9.17, 15) is 4.79 Å². The minimum absolute atomic E-state index is 0.103. The Morgan fingerprint density at radius 3 is 3.00 bits per heavy atom. The van der Waals surface area contributed by atoms with E-state index in [0.717, 1.165) is 52.0 Å². The SMILES string of the molecule is COCCN1CCCC1CNC(=O)C1(n2cccn2)CCNCC1. The molecule has 7 nitrogen and oxygen atoms in total. The fourth-order valence-electron chi connectivity index (χ4n) is 3.93. The normalized spacial score (nSPS) is 24.1. The molecular weight excluding hydrogens is 306 g/mol. The van der Waals surface area contributed by atoms with Crippen LogP contribution in [0.4, 0.5) is 0 Å². The molecule has 0 bridgehead atoms. The molecule has 1 atom stereocenters. The maximum Gasteiger partial charge on any atom is 0.248 e. The topological polar surface area (TPSA) is 71.4 Å². The van der Waals surface area contributed by atoms with E-state index in [2.05, 4.69) is 20.6 Å². The monoisotopic (exact) mass is 335 g/mol. The molecule has 0 spiro atoms. The standard InChI is InChI=1S/C17H29N5O2/c1-24-13-12-21-10-2-4-15(21)14-19-16(23)17(5-8-18-9-6-17)22-11-3-7-20-22/h3,7,11,15,18H,2,4-6,8-10,12-14H2,1H3,(H,19,23). The summed E-state index contributed by atoms with van der Waals surface area (Å²) in [5, 5.41) is 10.9. The maximum atomic E-state index is 13.1. The van der Waals surface area contributed by atoms with Crippen LogP contribution in [0.2, 0.25) is 0 Å². The highest BCUT2D eigenvalue weighted by Gasteiger charge is 2.42. The summed E-state index contributed by atoms with van der Waals surface area (Å²) < 4.78 is 7.04. The number of likely N-dealkylation sites (tertiary alicyclic amines) is 1. The van der Waals surface area contributed by atoms with Crippen LogP contribution >= 0.6 is 0 Å². The number of nitrogens with zero attached hydrogens (tertiary/aromatic N) is 3. The summed E-state index contributed by atoms with van der Waals surface area (Å²) in [6.07, 6.45) is 7.54. The molecule has 7 heteroatoms. The molecule has 3 heterocycles. The van der Waals surface area contributed by atoms with E-state index in [4.69, 9.17) is 4.74 Å². The van der Waals surface area contributed by atoms with Gasteiger partial charge in [-0.2, -0.15) is 5.10 Å². The number of hydrogen-bond acceptors (Lipinski definition) is 5. The highest BCUT2D eigenvalue weighted by atomic mass is 16.5. The minimum Gasteiger partial charge on any atom is -0.383 e. The van der Waals surface area contributed by atoms with Gasteiger partial charge in [0.05, 0.1) is 6.61 Å². The van der Waals surface area contributed by atoms with Gasteiger partial charge in [-0.05, 0) is 51.4 Å². The van der Waals surface area contributed by atoms with Crippen molar-refractivity contribution in [3.8, 4) is 0 Å². The number of carbonyl (C=O) groups excluding carboxylic acids is 1. The molecule has 24 heavy (non-hydrogen) atoms. The van der Waals surface area contributed by atoms with Crippen molar-refractivity contribution in [2.75, 3.05) is 46.4 Å². The van der Waals surface area contributed by atoms with Crippen LogP contribution in [0.15, 0.2) is 18.5 Å². The zero-order valence-electron chi connectivity index (χ0n) is 14.5. The van der Waals surface area contributed by atoms with Crippen LogP contribution in [0.1, 0.15) is 25.7 Å². The first-order chi connectivity index (χ1) is 11.8. The van der Waals surface area contributed by atoms with E-state index in [1.807, 2.05) is 16.9 Å². The Morgan fingerprint density at radius 1 is 1.46 bits per heavy atom. The second-order valence-electron chi connectivity index (χ2n) is 6.77. The van der Waals surface area contributed by atoms with E-state index in [-0.39, 0.29) is 5.91 Å². The molecule has 0 saturated carbocycles. The molecule has 0 aliphatic carbocycles. The molecule has 2 saturated heterocycles. The fourth-order valence-corrected chi connectivity index (χ4v) is 3.93. The van der Waals surface area contributed by atoms with E-state index in [0.29, 0.717) is 12.6 Å². The summed E-state index contributed by atoms with van der Waals surface area (Å²) >= 11 is 0. The van der Waals surface area contributed by atoms with Crippen LogP contribution < -0.4 is 10.6 Å². The first-order valence-electron chi connectivity index (χ1n) is 8.98. The average Bonchev–Trinajstić information content (AvgIpc) is 3.30. The van der Waals surface area contributed by atoms with Gasteiger partial charge in [-0.15, -0.1) is 0 Å². The van der Waals surface area contributed by atoms with Gasteiger partial charge in [-0.3, -0.25) is 14.4 Å². The first kappa shape index (κ1) is 17.4. The van der Waals surface area contributed by atoms with Crippen LogP contribution in [-0.4, -0.2) is 73.1 Å². The zero-order chi connectivity index (χ0) is 16.8. The number of nitrogens with one attached hydrogen (secondary N) is 2. The predicted octanol–water partition coefficient (Wildman–Crippen LogP) is 0.189. The highest BCUT2D eigenvalue weighted by molar-refractivity contribution is 5.84. The Hall–Kier alpha value is -1.44. The van der Waals surface area contributed by atoms with E-state index >= 15 is 0 Å². The Kier molecular flexibility index (Phi) is 5.86. The quantitative estimate of drug-likeness (QED) is 0.744. The van der Waals surface area contributed by atoms with E-state index < -0.39 is 5.54 Å².